The number of phenols is 1. The van der Waals surface area contributed by atoms with Crippen LogP contribution in [-0.4, -0.2) is 35.2 Å². The van der Waals surface area contributed by atoms with Crippen molar-refractivity contribution in [3.05, 3.63) is 89.0 Å². The van der Waals surface area contributed by atoms with E-state index < -0.39 is 19.0 Å². The number of nitrogens with zero attached hydrogens (tertiary/aromatic N) is 1. The van der Waals surface area contributed by atoms with Crippen LogP contribution in [0.25, 0.3) is 16.8 Å². The molecule has 2 N–H and O–H groups in total. The van der Waals surface area contributed by atoms with E-state index in [0.717, 1.165) is 46.7 Å². The Morgan fingerprint density at radius 1 is 0.976 bits per heavy atom. The zero-order chi connectivity index (χ0) is 28.7. The van der Waals surface area contributed by atoms with Crippen LogP contribution in [0, 0.1) is 17.8 Å². The number of amides is 2. The number of imide groups is 1. The Kier molecular flexibility index (Phi) is 7.58. The summed E-state index contributed by atoms with van der Waals surface area (Å²) in [6.45, 7) is 4.22. The molecule has 41 heavy (non-hydrogen) atoms. The summed E-state index contributed by atoms with van der Waals surface area (Å²) >= 11 is 0. The van der Waals surface area contributed by atoms with Gasteiger partial charge in [-0.25, -0.2) is 0 Å². The molecule has 0 unspecified atom stereocenters. The van der Waals surface area contributed by atoms with Gasteiger partial charge in [0.1, 0.15) is 5.75 Å². The van der Waals surface area contributed by atoms with Crippen LogP contribution in [0.15, 0.2) is 83.4 Å². The van der Waals surface area contributed by atoms with E-state index in [2.05, 4.69) is 19.9 Å². The Labute approximate surface area is 241 Å². The van der Waals surface area contributed by atoms with Crippen LogP contribution >= 0.6 is 0 Å². The number of anilines is 1. The molecule has 1 aliphatic carbocycles. The Bertz CT molecular complexity index is 1550. The third-order valence-electron chi connectivity index (χ3n) is 9.06. The molecule has 3 aliphatic rings. The van der Waals surface area contributed by atoms with E-state index in [4.69, 9.17) is 4.65 Å². The third kappa shape index (κ3) is 5.02. The number of benzene rings is 3. The maximum atomic E-state index is 13.7. The molecule has 2 amide bonds. The predicted molar refractivity (Wildman–Crippen MR) is 162 cm³/mol. The van der Waals surface area contributed by atoms with Crippen LogP contribution in [-0.2, 0) is 14.2 Å². The lowest BCUT2D eigenvalue weighted by molar-refractivity contribution is -0.122. The van der Waals surface area contributed by atoms with Gasteiger partial charge in [0, 0.05) is 5.39 Å². The maximum Gasteiger partial charge on any atom is 0.455 e. The highest BCUT2D eigenvalue weighted by Gasteiger charge is 2.57. The number of allylic oxidation sites excluding steroid dienone is 2. The van der Waals surface area contributed by atoms with Crippen LogP contribution in [0.2, 0.25) is 6.32 Å². The topological polar surface area (TPSA) is 87.1 Å². The Balaban J connectivity index is 1.27. The van der Waals surface area contributed by atoms with Crippen LogP contribution in [0.1, 0.15) is 51.5 Å². The largest absolute Gasteiger partial charge is 0.507 e. The van der Waals surface area contributed by atoms with Gasteiger partial charge >= 0.3 is 7.12 Å². The minimum atomic E-state index is -0.978. The zero-order valence-corrected chi connectivity index (χ0v) is 23.6. The zero-order valence-electron chi connectivity index (χ0n) is 23.6. The number of rotatable bonds is 7. The van der Waals surface area contributed by atoms with E-state index in [9.17, 15) is 19.7 Å². The average molecular weight is 549 g/mol. The number of hydrogen-bond acceptors (Lipinski definition) is 5. The van der Waals surface area contributed by atoms with Crippen molar-refractivity contribution in [2.75, 3.05) is 4.90 Å². The van der Waals surface area contributed by atoms with E-state index in [0.29, 0.717) is 24.8 Å². The summed E-state index contributed by atoms with van der Waals surface area (Å²) in [5, 5.41) is 23.0. The smallest absolute Gasteiger partial charge is 0.455 e. The number of aromatic hydroxyl groups is 1. The number of carbonyl (C=O) groups excluding carboxylic acids is 2. The van der Waals surface area contributed by atoms with Gasteiger partial charge in [-0.2, -0.15) is 0 Å². The molecule has 210 valence electrons. The second-order valence-electron chi connectivity index (χ2n) is 11.7. The van der Waals surface area contributed by atoms with Crippen molar-refractivity contribution in [2.45, 2.75) is 58.4 Å². The first-order chi connectivity index (χ1) is 19.9. The van der Waals surface area contributed by atoms with Gasteiger partial charge in [0.05, 0.1) is 23.6 Å². The van der Waals surface area contributed by atoms with Crippen molar-refractivity contribution in [3.63, 3.8) is 0 Å². The Morgan fingerprint density at radius 2 is 1.71 bits per heavy atom. The third-order valence-corrected chi connectivity index (χ3v) is 9.06. The molecule has 3 aromatic carbocycles. The van der Waals surface area contributed by atoms with Gasteiger partial charge in [-0.15, -0.1) is 0 Å². The van der Waals surface area contributed by atoms with Crippen molar-refractivity contribution in [1.29, 1.82) is 0 Å². The van der Waals surface area contributed by atoms with Crippen LogP contribution in [0.5, 0.6) is 5.75 Å². The first kappa shape index (κ1) is 27.5. The fraction of sp³-hybridized carbons (Fsp3) is 0.353. The number of carbonyl (C=O) groups is 2. The lowest BCUT2D eigenvalue weighted by Crippen LogP contribution is -2.46. The van der Waals surface area contributed by atoms with Crippen molar-refractivity contribution in [2.24, 2.45) is 17.8 Å². The summed E-state index contributed by atoms with van der Waals surface area (Å²) in [4.78, 5) is 28.6. The molecule has 0 aromatic heterocycles. The molecule has 0 saturated carbocycles. The SMILES string of the molecule is CCC/C(=C\c1ccc(O)c2ccccc12)CC[C@H]1OB(O)C[C@H]2C1=C(C)C[C@H]1C(=O)N(c3ccccc3)C(=O)[C@H]12. The minimum absolute atomic E-state index is 0.142. The van der Waals surface area contributed by atoms with Gasteiger partial charge in [0.25, 0.3) is 0 Å². The molecule has 7 heteroatoms. The molecule has 2 saturated heterocycles. The summed E-state index contributed by atoms with van der Waals surface area (Å²) in [6, 6.07) is 20.7. The monoisotopic (exact) mass is 549 g/mol. The molecule has 0 spiro atoms. The van der Waals surface area contributed by atoms with Gasteiger partial charge < -0.3 is 14.8 Å². The quantitative estimate of drug-likeness (QED) is 0.199. The maximum absolute atomic E-state index is 13.7. The number of hydrogen-bond donors (Lipinski definition) is 2. The molecule has 2 heterocycles. The molecule has 6 nitrogen and oxygen atoms in total. The molecule has 0 radical (unpaired) electrons. The van der Waals surface area contributed by atoms with Gasteiger partial charge in [-0.3, -0.25) is 14.5 Å². The predicted octanol–water partition coefficient (Wildman–Crippen LogP) is 6.53. The lowest BCUT2D eigenvalue weighted by Gasteiger charge is -2.42. The summed E-state index contributed by atoms with van der Waals surface area (Å²) in [7, 11) is -0.978. The summed E-state index contributed by atoms with van der Waals surface area (Å²) < 4.78 is 6.14. The second kappa shape index (κ2) is 11.3. The van der Waals surface area contributed by atoms with Gasteiger partial charge in [0.2, 0.25) is 11.8 Å². The van der Waals surface area contributed by atoms with Crippen molar-refractivity contribution < 1.29 is 24.4 Å². The number of fused-ring (bicyclic) bond motifs is 4. The summed E-state index contributed by atoms with van der Waals surface area (Å²) in [5.74, 6) is -1.13. The van der Waals surface area contributed by atoms with Crippen molar-refractivity contribution in [1.82, 2.24) is 0 Å². The number of phenolic OH excluding ortho intramolecular Hbond substituents is 1. The Hall–Kier alpha value is -3.68. The molecule has 2 fully saturated rings. The average Bonchev–Trinajstić information content (AvgIpc) is 3.22. The fourth-order valence-corrected chi connectivity index (χ4v) is 7.31. The molecular formula is C34H36BNO5. The van der Waals surface area contributed by atoms with E-state index in [1.54, 1.807) is 18.2 Å². The summed E-state index contributed by atoms with van der Waals surface area (Å²) in [6.07, 6.45) is 6.16. The van der Waals surface area contributed by atoms with Crippen LogP contribution in [0.4, 0.5) is 5.69 Å². The molecular weight excluding hydrogens is 513 g/mol. The highest BCUT2D eigenvalue weighted by molar-refractivity contribution is 6.43. The van der Waals surface area contributed by atoms with E-state index in [-0.39, 0.29) is 29.6 Å². The normalized spacial score (nSPS) is 24.7. The molecule has 3 aromatic rings. The molecule has 4 atom stereocenters. The van der Waals surface area contributed by atoms with E-state index in [1.807, 2.05) is 48.5 Å². The minimum Gasteiger partial charge on any atom is -0.507 e. The van der Waals surface area contributed by atoms with Crippen LogP contribution in [0.3, 0.4) is 0 Å². The van der Waals surface area contributed by atoms with E-state index in [1.165, 1.54) is 10.5 Å². The highest BCUT2D eigenvalue weighted by atomic mass is 16.5. The first-order valence-corrected chi connectivity index (χ1v) is 14.7. The lowest BCUT2D eigenvalue weighted by atomic mass is 9.58. The first-order valence-electron chi connectivity index (χ1n) is 14.7. The fourth-order valence-electron chi connectivity index (χ4n) is 7.31. The van der Waals surface area contributed by atoms with Gasteiger partial charge in [0.15, 0.2) is 0 Å². The number of para-hydroxylation sites is 1. The molecule has 2 aliphatic heterocycles. The van der Waals surface area contributed by atoms with E-state index >= 15 is 0 Å². The summed E-state index contributed by atoms with van der Waals surface area (Å²) in [5.41, 5.74) is 5.15. The standard InChI is InChI=1S/C34H36BNO5/c1-3-9-22(19-23-15-16-29(37)26-13-8-7-12-25(23)26)14-17-30-31-21(2)18-27-32(28(31)20-35(40)41-30)34(39)36(33(27)38)24-10-5-4-6-11-24/h4-8,10-13,15-16,19,27-28,30,32,37,40H,3,9,14,17-18,20H2,1-2H3/b22-19+/t27-,28+,30-,32-/m1/s1. The molecule has 6 rings (SSSR count). The van der Waals surface area contributed by atoms with Crippen LogP contribution < -0.4 is 4.90 Å². The Morgan fingerprint density at radius 3 is 2.46 bits per heavy atom. The van der Waals surface area contributed by atoms with Crippen molar-refractivity contribution >= 4 is 41.5 Å². The van der Waals surface area contributed by atoms with Gasteiger partial charge in [-0.1, -0.05) is 79.1 Å². The second-order valence-corrected chi connectivity index (χ2v) is 11.7. The molecule has 0 bridgehead atoms. The van der Waals surface area contributed by atoms with Gasteiger partial charge in [-0.05, 0) is 79.6 Å². The highest BCUT2D eigenvalue weighted by Crippen LogP contribution is 2.51. The van der Waals surface area contributed by atoms with Crippen molar-refractivity contribution in [3.8, 4) is 5.75 Å².